The molecule has 10 heteroatoms. The molecular formula is C14H14F3N3O3S. The second kappa shape index (κ2) is 6.10. The molecule has 1 saturated heterocycles. The predicted molar refractivity (Wildman–Crippen MR) is 82.4 cm³/mol. The molecule has 2 heterocycles. The fraction of sp³-hybridized carbons (Fsp3) is 0.429. The van der Waals surface area contributed by atoms with Gasteiger partial charge in [-0.3, -0.25) is 0 Å². The van der Waals surface area contributed by atoms with Crippen LogP contribution in [0, 0.1) is 0 Å². The van der Waals surface area contributed by atoms with Gasteiger partial charge in [-0.1, -0.05) is 11.3 Å². The number of aromatic nitrogens is 1. The van der Waals surface area contributed by atoms with Gasteiger partial charge in [-0.15, -0.1) is 0 Å². The molecule has 2 N–H and O–H groups in total. The zero-order chi connectivity index (χ0) is 17.5. The lowest BCUT2D eigenvalue weighted by Crippen LogP contribution is -2.56. The lowest BCUT2D eigenvalue weighted by atomic mass is 10.2. The number of hydrogen-bond acceptors (Lipinski definition) is 5. The SMILES string of the molecule is O=C(O)N1CCN(c2nc3ccc(C(F)(F)F)cc3s2)[C@H](CO)C1. The molecule has 0 unspecified atom stereocenters. The molecular weight excluding hydrogens is 347 g/mol. The topological polar surface area (TPSA) is 76.9 Å². The maximum Gasteiger partial charge on any atom is 0.416 e. The summed E-state index contributed by atoms with van der Waals surface area (Å²) in [5.41, 5.74) is -0.292. The first kappa shape index (κ1) is 16.8. The highest BCUT2D eigenvalue weighted by Crippen LogP contribution is 2.36. The van der Waals surface area contributed by atoms with Crippen LogP contribution in [-0.2, 0) is 6.18 Å². The number of nitrogens with zero attached hydrogens (tertiary/aromatic N) is 3. The quantitative estimate of drug-likeness (QED) is 0.859. The van der Waals surface area contributed by atoms with E-state index in [0.29, 0.717) is 21.9 Å². The number of alkyl halides is 3. The van der Waals surface area contributed by atoms with Crippen LogP contribution in [0.2, 0.25) is 0 Å². The number of carbonyl (C=O) groups is 1. The Morgan fingerprint density at radius 3 is 2.75 bits per heavy atom. The zero-order valence-corrected chi connectivity index (χ0v) is 13.1. The summed E-state index contributed by atoms with van der Waals surface area (Å²) in [7, 11) is 0. The molecule has 1 amide bonds. The van der Waals surface area contributed by atoms with Crippen LogP contribution in [0.3, 0.4) is 0 Å². The highest BCUT2D eigenvalue weighted by Gasteiger charge is 2.33. The molecule has 1 aromatic carbocycles. The van der Waals surface area contributed by atoms with E-state index < -0.39 is 23.9 Å². The lowest BCUT2D eigenvalue weighted by molar-refractivity contribution is -0.137. The Hall–Kier alpha value is -2.07. The molecule has 0 saturated carbocycles. The van der Waals surface area contributed by atoms with E-state index in [2.05, 4.69) is 4.98 Å². The average Bonchev–Trinajstić information content (AvgIpc) is 2.96. The van der Waals surface area contributed by atoms with Gasteiger partial charge < -0.3 is 20.0 Å². The van der Waals surface area contributed by atoms with E-state index in [-0.39, 0.29) is 19.7 Å². The van der Waals surface area contributed by atoms with Crippen LogP contribution in [-0.4, -0.2) is 58.5 Å². The second-order valence-corrected chi connectivity index (χ2v) is 6.44. The summed E-state index contributed by atoms with van der Waals surface area (Å²) in [6, 6.07) is 2.88. The highest BCUT2D eigenvalue weighted by molar-refractivity contribution is 7.22. The summed E-state index contributed by atoms with van der Waals surface area (Å²) in [5.74, 6) is 0. The molecule has 0 radical (unpaired) electrons. The molecule has 0 bridgehead atoms. The van der Waals surface area contributed by atoms with Crippen LogP contribution in [0.15, 0.2) is 18.2 Å². The minimum absolute atomic E-state index is 0.121. The van der Waals surface area contributed by atoms with Crippen molar-refractivity contribution in [3.8, 4) is 0 Å². The van der Waals surface area contributed by atoms with E-state index in [4.69, 9.17) is 5.11 Å². The summed E-state index contributed by atoms with van der Waals surface area (Å²) >= 11 is 1.10. The van der Waals surface area contributed by atoms with E-state index in [0.717, 1.165) is 23.5 Å². The largest absolute Gasteiger partial charge is 0.465 e. The maximum absolute atomic E-state index is 12.8. The van der Waals surface area contributed by atoms with E-state index >= 15 is 0 Å². The number of carboxylic acid groups (broad SMARTS) is 1. The summed E-state index contributed by atoms with van der Waals surface area (Å²) in [6.07, 6.45) is -5.48. The number of benzene rings is 1. The number of piperazine rings is 1. The number of anilines is 1. The van der Waals surface area contributed by atoms with Crippen LogP contribution in [0.1, 0.15) is 5.56 Å². The monoisotopic (exact) mass is 361 g/mol. The summed E-state index contributed by atoms with van der Waals surface area (Å²) in [4.78, 5) is 18.3. The highest BCUT2D eigenvalue weighted by atomic mass is 32.1. The second-order valence-electron chi connectivity index (χ2n) is 5.44. The molecule has 0 spiro atoms. The van der Waals surface area contributed by atoms with Gasteiger partial charge in [-0.2, -0.15) is 13.2 Å². The van der Waals surface area contributed by atoms with Crippen LogP contribution in [0.5, 0.6) is 0 Å². The number of halogens is 3. The lowest BCUT2D eigenvalue weighted by Gasteiger charge is -2.39. The summed E-state index contributed by atoms with van der Waals surface area (Å²) in [5, 5.41) is 19.0. The third kappa shape index (κ3) is 3.11. The van der Waals surface area contributed by atoms with Crippen molar-refractivity contribution in [2.45, 2.75) is 12.2 Å². The Morgan fingerprint density at radius 1 is 1.38 bits per heavy atom. The normalized spacial score (nSPS) is 19.1. The molecule has 130 valence electrons. The van der Waals surface area contributed by atoms with Crippen LogP contribution in [0.4, 0.5) is 23.1 Å². The Kier molecular flexibility index (Phi) is 4.26. The number of hydrogen-bond donors (Lipinski definition) is 2. The molecule has 24 heavy (non-hydrogen) atoms. The van der Waals surface area contributed by atoms with Gasteiger partial charge in [0, 0.05) is 19.6 Å². The fourth-order valence-corrected chi connectivity index (χ4v) is 3.75. The van der Waals surface area contributed by atoms with Crippen molar-refractivity contribution in [3.05, 3.63) is 23.8 Å². The van der Waals surface area contributed by atoms with Crippen molar-refractivity contribution < 1.29 is 28.2 Å². The van der Waals surface area contributed by atoms with Gasteiger partial charge in [-0.25, -0.2) is 9.78 Å². The molecule has 3 rings (SSSR count). The number of rotatable bonds is 2. The molecule has 0 aliphatic carbocycles. The van der Waals surface area contributed by atoms with Gasteiger partial charge in [0.1, 0.15) is 0 Å². The molecule has 1 aliphatic heterocycles. The van der Waals surface area contributed by atoms with E-state index in [9.17, 15) is 23.1 Å². The smallest absolute Gasteiger partial charge is 0.416 e. The van der Waals surface area contributed by atoms with E-state index in [1.165, 1.54) is 11.0 Å². The Balaban J connectivity index is 1.90. The maximum atomic E-state index is 12.8. The minimum atomic E-state index is -4.42. The molecule has 1 aromatic heterocycles. The summed E-state index contributed by atoms with van der Waals surface area (Å²) < 4.78 is 38.8. The Bertz CT molecular complexity index is 765. The van der Waals surface area contributed by atoms with E-state index in [1.807, 2.05) is 0 Å². The fourth-order valence-electron chi connectivity index (χ4n) is 2.65. The third-order valence-corrected chi connectivity index (χ3v) is 4.97. The van der Waals surface area contributed by atoms with Crippen molar-refractivity contribution in [1.29, 1.82) is 0 Å². The van der Waals surface area contributed by atoms with Gasteiger partial charge in [0.2, 0.25) is 0 Å². The van der Waals surface area contributed by atoms with Crippen LogP contribution in [0.25, 0.3) is 10.2 Å². The molecule has 1 aliphatic rings. The first-order valence-corrected chi connectivity index (χ1v) is 7.94. The van der Waals surface area contributed by atoms with Crippen LogP contribution >= 0.6 is 11.3 Å². The van der Waals surface area contributed by atoms with Crippen LogP contribution < -0.4 is 4.90 Å². The predicted octanol–water partition coefficient (Wildman–Crippen LogP) is 2.48. The number of fused-ring (bicyclic) bond motifs is 1. The number of aliphatic hydroxyl groups excluding tert-OH is 1. The zero-order valence-electron chi connectivity index (χ0n) is 12.3. The van der Waals surface area contributed by atoms with Crippen molar-refractivity contribution in [2.24, 2.45) is 0 Å². The first-order chi connectivity index (χ1) is 11.3. The van der Waals surface area contributed by atoms with Crippen molar-refractivity contribution in [1.82, 2.24) is 9.88 Å². The standard InChI is InChI=1S/C14H14F3N3O3S/c15-14(16,17)8-1-2-10-11(5-8)24-12(18-10)20-4-3-19(13(22)23)6-9(20)7-21/h1-2,5,9,21H,3-4,6-7H2,(H,22,23)/t9-/m0/s1. The Labute approximate surface area is 138 Å². The van der Waals surface area contributed by atoms with Crippen molar-refractivity contribution in [3.63, 3.8) is 0 Å². The number of aliphatic hydroxyl groups is 1. The third-order valence-electron chi connectivity index (χ3n) is 3.91. The van der Waals surface area contributed by atoms with Gasteiger partial charge in [0.25, 0.3) is 0 Å². The van der Waals surface area contributed by atoms with E-state index in [1.54, 1.807) is 4.90 Å². The molecule has 1 fully saturated rings. The molecule has 2 aromatic rings. The Morgan fingerprint density at radius 2 is 2.12 bits per heavy atom. The molecule has 6 nitrogen and oxygen atoms in total. The van der Waals surface area contributed by atoms with Gasteiger partial charge in [0.15, 0.2) is 5.13 Å². The minimum Gasteiger partial charge on any atom is -0.465 e. The van der Waals surface area contributed by atoms with Gasteiger partial charge in [0.05, 0.1) is 28.4 Å². The summed E-state index contributed by atoms with van der Waals surface area (Å²) in [6.45, 7) is 0.419. The van der Waals surface area contributed by atoms with Gasteiger partial charge >= 0.3 is 12.3 Å². The van der Waals surface area contributed by atoms with Crippen molar-refractivity contribution >= 4 is 32.8 Å². The number of amides is 1. The molecule has 1 atom stereocenters. The average molecular weight is 361 g/mol. The number of thiazole rings is 1. The first-order valence-electron chi connectivity index (χ1n) is 7.12. The van der Waals surface area contributed by atoms with Crippen molar-refractivity contribution in [2.75, 3.05) is 31.1 Å². The van der Waals surface area contributed by atoms with Gasteiger partial charge in [-0.05, 0) is 18.2 Å².